The molecule has 0 aliphatic rings. The Labute approximate surface area is 108 Å². The Hall–Kier alpha value is -1.40. The van der Waals surface area contributed by atoms with E-state index in [2.05, 4.69) is 10.0 Å². The molecule has 0 saturated carbocycles. The molecule has 0 spiro atoms. The maximum Gasteiger partial charge on any atom is 0.251 e. The number of carbonyl (C=O) groups excluding carboxylic acids is 1. The Morgan fingerprint density at radius 3 is 2.44 bits per heavy atom. The second-order valence-electron chi connectivity index (χ2n) is 3.84. The summed E-state index contributed by atoms with van der Waals surface area (Å²) >= 11 is 0. The third-order valence-corrected chi connectivity index (χ3v) is 3.83. The SMILES string of the molecule is CCCS(=O)(=O)NCCNC(=O)c1ccccc1. The van der Waals surface area contributed by atoms with E-state index >= 15 is 0 Å². The maximum absolute atomic E-state index is 11.6. The normalized spacial score (nSPS) is 11.2. The highest BCUT2D eigenvalue weighted by atomic mass is 32.2. The molecule has 100 valence electrons. The van der Waals surface area contributed by atoms with Gasteiger partial charge in [0.1, 0.15) is 0 Å². The van der Waals surface area contributed by atoms with E-state index in [4.69, 9.17) is 0 Å². The molecule has 0 heterocycles. The summed E-state index contributed by atoms with van der Waals surface area (Å²) in [5.41, 5.74) is 0.564. The van der Waals surface area contributed by atoms with Crippen LogP contribution in [0.25, 0.3) is 0 Å². The molecular weight excluding hydrogens is 252 g/mol. The second kappa shape index (κ2) is 7.13. The second-order valence-corrected chi connectivity index (χ2v) is 5.76. The molecule has 1 aromatic rings. The fourth-order valence-electron chi connectivity index (χ4n) is 1.42. The van der Waals surface area contributed by atoms with Crippen LogP contribution < -0.4 is 10.0 Å². The molecule has 0 saturated heterocycles. The van der Waals surface area contributed by atoms with Gasteiger partial charge in [0.15, 0.2) is 0 Å². The van der Waals surface area contributed by atoms with Gasteiger partial charge in [-0.2, -0.15) is 0 Å². The van der Waals surface area contributed by atoms with Crippen LogP contribution in [0, 0.1) is 0 Å². The minimum absolute atomic E-state index is 0.111. The molecule has 1 aromatic carbocycles. The fraction of sp³-hybridized carbons (Fsp3) is 0.417. The van der Waals surface area contributed by atoms with Crippen LogP contribution >= 0.6 is 0 Å². The van der Waals surface area contributed by atoms with Crippen molar-refractivity contribution in [1.29, 1.82) is 0 Å². The van der Waals surface area contributed by atoms with Crippen molar-refractivity contribution in [2.24, 2.45) is 0 Å². The van der Waals surface area contributed by atoms with Crippen LogP contribution in [0.2, 0.25) is 0 Å². The van der Waals surface area contributed by atoms with Crippen LogP contribution in [0.3, 0.4) is 0 Å². The largest absolute Gasteiger partial charge is 0.351 e. The smallest absolute Gasteiger partial charge is 0.251 e. The summed E-state index contributed by atoms with van der Waals surface area (Å²) in [4.78, 5) is 11.6. The van der Waals surface area contributed by atoms with Crippen LogP contribution in [0.15, 0.2) is 30.3 Å². The Morgan fingerprint density at radius 2 is 1.83 bits per heavy atom. The van der Waals surface area contributed by atoms with Gasteiger partial charge in [-0.15, -0.1) is 0 Å². The molecule has 1 amide bonds. The number of rotatable bonds is 7. The molecule has 0 aliphatic heterocycles. The third kappa shape index (κ3) is 5.29. The standard InChI is InChI=1S/C12H18N2O3S/c1-2-10-18(16,17)14-9-8-13-12(15)11-6-4-3-5-7-11/h3-7,14H,2,8-10H2,1H3,(H,13,15). The lowest BCUT2D eigenvalue weighted by Crippen LogP contribution is -2.35. The number of amides is 1. The summed E-state index contributed by atoms with van der Waals surface area (Å²) in [5, 5.41) is 2.65. The van der Waals surface area contributed by atoms with Crippen molar-refractivity contribution in [2.75, 3.05) is 18.8 Å². The summed E-state index contributed by atoms with van der Waals surface area (Å²) in [6, 6.07) is 8.79. The average molecular weight is 270 g/mol. The van der Waals surface area contributed by atoms with Crippen LogP contribution in [0.1, 0.15) is 23.7 Å². The number of sulfonamides is 1. The van der Waals surface area contributed by atoms with E-state index in [1.54, 1.807) is 31.2 Å². The Morgan fingerprint density at radius 1 is 1.17 bits per heavy atom. The van der Waals surface area contributed by atoms with E-state index in [1.165, 1.54) is 0 Å². The highest BCUT2D eigenvalue weighted by Gasteiger charge is 2.08. The highest BCUT2D eigenvalue weighted by Crippen LogP contribution is 1.97. The van der Waals surface area contributed by atoms with Gasteiger partial charge in [0.25, 0.3) is 5.91 Å². The first-order valence-electron chi connectivity index (χ1n) is 5.86. The Balaban J connectivity index is 2.29. The number of nitrogens with one attached hydrogen (secondary N) is 2. The first-order chi connectivity index (χ1) is 8.55. The van der Waals surface area contributed by atoms with Gasteiger partial charge >= 0.3 is 0 Å². The molecular formula is C12H18N2O3S. The van der Waals surface area contributed by atoms with Crippen LogP contribution in [-0.2, 0) is 10.0 Å². The van der Waals surface area contributed by atoms with E-state index in [0.717, 1.165) is 0 Å². The molecule has 0 fully saturated rings. The van der Waals surface area contributed by atoms with Crippen molar-refractivity contribution >= 4 is 15.9 Å². The van der Waals surface area contributed by atoms with Gasteiger partial charge < -0.3 is 5.32 Å². The number of hydrogen-bond acceptors (Lipinski definition) is 3. The summed E-state index contributed by atoms with van der Waals surface area (Å²) < 4.78 is 25.1. The molecule has 1 rings (SSSR count). The highest BCUT2D eigenvalue weighted by molar-refractivity contribution is 7.89. The lowest BCUT2D eigenvalue weighted by Gasteiger charge is -2.07. The van der Waals surface area contributed by atoms with Crippen molar-refractivity contribution < 1.29 is 13.2 Å². The summed E-state index contributed by atoms with van der Waals surface area (Å²) in [5.74, 6) is -0.0927. The average Bonchev–Trinajstić information content (AvgIpc) is 2.35. The van der Waals surface area contributed by atoms with Gasteiger partial charge in [-0.1, -0.05) is 25.1 Å². The van der Waals surface area contributed by atoms with Crippen LogP contribution in [0.5, 0.6) is 0 Å². The van der Waals surface area contributed by atoms with Crippen LogP contribution in [-0.4, -0.2) is 33.2 Å². The first-order valence-corrected chi connectivity index (χ1v) is 7.51. The molecule has 0 atom stereocenters. The first kappa shape index (κ1) is 14.7. The zero-order valence-electron chi connectivity index (χ0n) is 10.3. The summed E-state index contributed by atoms with van der Waals surface area (Å²) in [7, 11) is -3.20. The van der Waals surface area contributed by atoms with Crippen molar-refractivity contribution in [1.82, 2.24) is 10.0 Å². The van der Waals surface area contributed by atoms with Gasteiger partial charge in [-0.3, -0.25) is 4.79 Å². The lowest BCUT2D eigenvalue weighted by molar-refractivity contribution is 0.0954. The van der Waals surface area contributed by atoms with Crippen molar-refractivity contribution in [3.05, 3.63) is 35.9 Å². The topological polar surface area (TPSA) is 75.3 Å². The van der Waals surface area contributed by atoms with Crippen molar-refractivity contribution in [3.8, 4) is 0 Å². The van der Waals surface area contributed by atoms with E-state index in [9.17, 15) is 13.2 Å². The molecule has 6 heteroatoms. The quantitative estimate of drug-likeness (QED) is 0.718. The summed E-state index contributed by atoms with van der Waals surface area (Å²) in [6.45, 7) is 2.29. The van der Waals surface area contributed by atoms with Gasteiger partial charge in [-0.25, -0.2) is 13.1 Å². The zero-order valence-corrected chi connectivity index (χ0v) is 11.2. The van der Waals surface area contributed by atoms with Gasteiger partial charge in [0.05, 0.1) is 5.75 Å². The molecule has 18 heavy (non-hydrogen) atoms. The maximum atomic E-state index is 11.6. The zero-order chi connectivity index (χ0) is 13.4. The van der Waals surface area contributed by atoms with Crippen LogP contribution in [0.4, 0.5) is 0 Å². The molecule has 0 bridgehead atoms. The van der Waals surface area contributed by atoms with E-state index in [1.807, 2.05) is 6.07 Å². The van der Waals surface area contributed by atoms with Gasteiger partial charge in [-0.05, 0) is 18.6 Å². The summed E-state index contributed by atoms with van der Waals surface area (Å²) in [6.07, 6.45) is 0.575. The minimum Gasteiger partial charge on any atom is -0.351 e. The molecule has 0 radical (unpaired) electrons. The molecule has 0 unspecified atom stereocenters. The van der Waals surface area contributed by atoms with E-state index < -0.39 is 10.0 Å². The predicted octanol–water partition coefficient (Wildman–Crippen LogP) is 0.746. The Kier molecular flexibility index (Phi) is 5.80. The number of carbonyl (C=O) groups is 1. The Bertz CT molecular complexity index is 471. The van der Waals surface area contributed by atoms with Gasteiger partial charge in [0, 0.05) is 18.7 Å². The number of hydrogen-bond donors (Lipinski definition) is 2. The number of benzene rings is 1. The lowest BCUT2D eigenvalue weighted by atomic mass is 10.2. The molecule has 2 N–H and O–H groups in total. The van der Waals surface area contributed by atoms with Gasteiger partial charge in [0.2, 0.25) is 10.0 Å². The third-order valence-electron chi connectivity index (χ3n) is 2.24. The predicted molar refractivity (Wildman–Crippen MR) is 70.9 cm³/mol. The van der Waals surface area contributed by atoms with Crippen molar-refractivity contribution in [3.63, 3.8) is 0 Å². The molecule has 0 aliphatic carbocycles. The molecule has 0 aromatic heterocycles. The van der Waals surface area contributed by atoms with E-state index in [0.29, 0.717) is 12.0 Å². The van der Waals surface area contributed by atoms with Crippen molar-refractivity contribution in [2.45, 2.75) is 13.3 Å². The van der Waals surface area contributed by atoms with E-state index in [-0.39, 0.29) is 24.7 Å². The monoisotopic (exact) mass is 270 g/mol. The fourth-order valence-corrected chi connectivity index (χ4v) is 2.51. The molecule has 5 nitrogen and oxygen atoms in total. The minimum atomic E-state index is -3.20.